The summed E-state index contributed by atoms with van der Waals surface area (Å²) in [6, 6.07) is 13.3. The second-order valence-corrected chi connectivity index (χ2v) is 7.31. The Kier molecular flexibility index (Phi) is 3.59. The number of allylic oxidation sites excluding steroid dienone is 4. The molecule has 138 valence electrons. The first-order valence-corrected chi connectivity index (χ1v) is 9.31. The Morgan fingerprint density at radius 3 is 2.21 bits per heavy atom. The molecule has 28 heavy (non-hydrogen) atoms. The van der Waals surface area contributed by atoms with Crippen molar-refractivity contribution in [3.63, 3.8) is 0 Å². The van der Waals surface area contributed by atoms with Gasteiger partial charge in [0.05, 0.1) is 5.70 Å². The molecule has 0 saturated carbocycles. The van der Waals surface area contributed by atoms with E-state index in [0.29, 0.717) is 41.5 Å². The molecule has 2 aromatic rings. The normalized spacial score (nSPS) is 21.1. The van der Waals surface area contributed by atoms with Crippen molar-refractivity contribution in [1.29, 1.82) is 0 Å². The van der Waals surface area contributed by atoms with Crippen molar-refractivity contribution < 1.29 is 19.5 Å². The van der Waals surface area contributed by atoms with E-state index in [2.05, 4.69) is 5.32 Å². The highest BCUT2D eigenvalue weighted by Gasteiger charge is 2.44. The highest BCUT2D eigenvalue weighted by molar-refractivity contribution is 6.28. The van der Waals surface area contributed by atoms with E-state index in [0.717, 1.165) is 11.3 Å². The van der Waals surface area contributed by atoms with E-state index < -0.39 is 5.92 Å². The first kappa shape index (κ1) is 16.7. The van der Waals surface area contributed by atoms with Crippen LogP contribution >= 0.6 is 0 Å². The number of nitrogens with one attached hydrogen (secondary N) is 1. The Hall–Kier alpha value is -3.47. The molecule has 1 atom stereocenters. The number of ketones is 3. The minimum Gasteiger partial charge on any atom is -0.508 e. The zero-order valence-electron chi connectivity index (χ0n) is 15.0. The number of aromatic hydroxyl groups is 1. The maximum absolute atomic E-state index is 13.4. The predicted octanol–water partition coefficient (Wildman–Crippen LogP) is 3.42. The fourth-order valence-corrected chi connectivity index (χ4v) is 4.42. The largest absolute Gasteiger partial charge is 0.508 e. The van der Waals surface area contributed by atoms with Crippen molar-refractivity contribution in [1.82, 2.24) is 5.32 Å². The summed E-state index contributed by atoms with van der Waals surface area (Å²) in [5.74, 6) is -0.964. The molecule has 1 aliphatic heterocycles. The van der Waals surface area contributed by atoms with Gasteiger partial charge in [0.15, 0.2) is 11.6 Å². The number of hydrogen-bond donors (Lipinski definition) is 2. The topological polar surface area (TPSA) is 83.5 Å². The lowest BCUT2D eigenvalue weighted by Crippen LogP contribution is -2.40. The number of benzene rings is 2. The number of phenols is 1. The van der Waals surface area contributed by atoms with Gasteiger partial charge in [-0.25, -0.2) is 0 Å². The summed E-state index contributed by atoms with van der Waals surface area (Å²) in [6.45, 7) is 0. The molecule has 5 rings (SSSR count). The molecule has 0 saturated heterocycles. The smallest absolute Gasteiger partial charge is 0.210 e. The maximum atomic E-state index is 13.4. The second kappa shape index (κ2) is 6.02. The molecule has 2 N–H and O–H groups in total. The average Bonchev–Trinajstić information content (AvgIpc) is 2.71. The van der Waals surface area contributed by atoms with Crippen LogP contribution in [0.25, 0.3) is 0 Å². The van der Waals surface area contributed by atoms with E-state index in [9.17, 15) is 19.5 Å². The van der Waals surface area contributed by atoms with Gasteiger partial charge in [-0.05, 0) is 30.5 Å². The summed E-state index contributed by atoms with van der Waals surface area (Å²) in [5.41, 5.74) is 3.36. The van der Waals surface area contributed by atoms with Crippen LogP contribution < -0.4 is 5.32 Å². The van der Waals surface area contributed by atoms with E-state index in [1.807, 2.05) is 0 Å². The molecule has 1 unspecified atom stereocenters. The number of hydrogen-bond acceptors (Lipinski definition) is 5. The van der Waals surface area contributed by atoms with Crippen LogP contribution in [0, 0.1) is 0 Å². The first-order chi connectivity index (χ1) is 13.6. The molecule has 0 radical (unpaired) electrons. The van der Waals surface area contributed by atoms with Crippen LogP contribution in [0.5, 0.6) is 5.75 Å². The Morgan fingerprint density at radius 2 is 1.50 bits per heavy atom. The Balaban J connectivity index is 1.76. The third-order valence-electron chi connectivity index (χ3n) is 5.69. The monoisotopic (exact) mass is 371 g/mol. The highest BCUT2D eigenvalue weighted by Crippen LogP contribution is 2.45. The van der Waals surface area contributed by atoms with Crippen molar-refractivity contribution in [2.24, 2.45) is 0 Å². The van der Waals surface area contributed by atoms with Crippen LogP contribution in [0.15, 0.2) is 71.1 Å². The molecule has 0 spiro atoms. The van der Waals surface area contributed by atoms with Gasteiger partial charge in [-0.15, -0.1) is 0 Å². The van der Waals surface area contributed by atoms with Crippen LogP contribution in [-0.4, -0.2) is 22.5 Å². The molecule has 0 amide bonds. The van der Waals surface area contributed by atoms with Crippen molar-refractivity contribution in [2.45, 2.75) is 25.2 Å². The third kappa shape index (κ3) is 2.29. The quantitative estimate of drug-likeness (QED) is 0.803. The fraction of sp³-hybridized carbons (Fsp3) is 0.174. The standard InChI is InChI=1S/C23H17NO4/c25-13-10-8-12(9-11-13)18-19-16(6-3-7-17(19)26)24-21-20(18)22(27)14-4-1-2-5-15(14)23(21)28/h1-2,4-5,8-11,18,24-25H,3,6-7H2. The number of carbonyl (C=O) groups is 3. The lowest BCUT2D eigenvalue weighted by Gasteiger charge is -2.36. The van der Waals surface area contributed by atoms with Gasteiger partial charge in [0.25, 0.3) is 0 Å². The summed E-state index contributed by atoms with van der Waals surface area (Å²) in [6.07, 6.45) is 1.81. The predicted molar refractivity (Wildman–Crippen MR) is 102 cm³/mol. The molecule has 5 nitrogen and oxygen atoms in total. The van der Waals surface area contributed by atoms with Crippen molar-refractivity contribution in [2.75, 3.05) is 0 Å². The zero-order chi connectivity index (χ0) is 19.4. The van der Waals surface area contributed by atoms with E-state index in [-0.39, 0.29) is 28.8 Å². The maximum Gasteiger partial charge on any atom is 0.210 e. The number of fused-ring (bicyclic) bond motifs is 1. The first-order valence-electron chi connectivity index (χ1n) is 9.31. The van der Waals surface area contributed by atoms with Gasteiger partial charge >= 0.3 is 0 Å². The summed E-state index contributed by atoms with van der Waals surface area (Å²) in [4.78, 5) is 39.4. The van der Waals surface area contributed by atoms with Gasteiger partial charge < -0.3 is 10.4 Å². The molecule has 0 bridgehead atoms. The molecule has 2 aromatic carbocycles. The lowest BCUT2D eigenvalue weighted by atomic mass is 9.70. The van der Waals surface area contributed by atoms with Crippen LogP contribution in [0.2, 0.25) is 0 Å². The number of Topliss-reactive ketones (excluding diaryl/α,β-unsaturated/α-hetero) is 3. The minimum absolute atomic E-state index is 0.00233. The minimum atomic E-state index is -0.607. The fourth-order valence-electron chi connectivity index (χ4n) is 4.42. The average molecular weight is 371 g/mol. The summed E-state index contributed by atoms with van der Waals surface area (Å²) in [7, 11) is 0. The van der Waals surface area contributed by atoms with E-state index in [1.54, 1.807) is 36.4 Å². The number of carbonyl (C=O) groups excluding carboxylic acids is 3. The van der Waals surface area contributed by atoms with Gasteiger partial charge in [0.2, 0.25) is 5.78 Å². The van der Waals surface area contributed by atoms with E-state index in [1.165, 1.54) is 12.1 Å². The SMILES string of the molecule is O=C1CCCC2=C1C(c1ccc(O)cc1)C1=C(N2)C(=O)c2ccccc2C1=O. The second-order valence-electron chi connectivity index (χ2n) is 7.31. The van der Waals surface area contributed by atoms with Crippen LogP contribution in [-0.2, 0) is 4.79 Å². The third-order valence-corrected chi connectivity index (χ3v) is 5.69. The van der Waals surface area contributed by atoms with Gasteiger partial charge in [-0.3, -0.25) is 14.4 Å². The van der Waals surface area contributed by atoms with Crippen molar-refractivity contribution >= 4 is 17.3 Å². The highest BCUT2D eigenvalue weighted by atomic mass is 16.3. The lowest BCUT2D eigenvalue weighted by molar-refractivity contribution is -0.116. The Morgan fingerprint density at radius 1 is 0.821 bits per heavy atom. The number of rotatable bonds is 1. The molecule has 0 aromatic heterocycles. The molecule has 3 aliphatic rings. The van der Waals surface area contributed by atoms with E-state index in [4.69, 9.17) is 0 Å². The molecule has 0 fully saturated rings. The summed E-state index contributed by atoms with van der Waals surface area (Å²) >= 11 is 0. The Bertz CT molecular complexity index is 1120. The van der Waals surface area contributed by atoms with Gasteiger partial charge in [0, 0.05) is 40.3 Å². The van der Waals surface area contributed by atoms with Crippen LogP contribution in [0.1, 0.15) is 51.5 Å². The molecular weight excluding hydrogens is 354 g/mol. The van der Waals surface area contributed by atoms with Gasteiger partial charge in [-0.2, -0.15) is 0 Å². The zero-order valence-corrected chi connectivity index (χ0v) is 15.0. The van der Waals surface area contributed by atoms with Gasteiger partial charge in [0.1, 0.15) is 5.75 Å². The van der Waals surface area contributed by atoms with E-state index >= 15 is 0 Å². The van der Waals surface area contributed by atoms with Crippen molar-refractivity contribution in [3.8, 4) is 5.75 Å². The van der Waals surface area contributed by atoms with Crippen LogP contribution in [0.3, 0.4) is 0 Å². The Labute approximate surface area is 161 Å². The summed E-state index contributed by atoms with van der Waals surface area (Å²) < 4.78 is 0. The molecule has 2 aliphatic carbocycles. The summed E-state index contributed by atoms with van der Waals surface area (Å²) in [5, 5.41) is 12.8. The molecule has 5 heteroatoms. The number of phenolic OH excluding ortho intramolecular Hbond substituents is 1. The van der Waals surface area contributed by atoms with Crippen LogP contribution in [0.4, 0.5) is 0 Å². The molecular formula is C23H17NO4. The van der Waals surface area contributed by atoms with Crippen molar-refractivity contribution in [3.05, 3.63) is 87.8 Å². The molecule has 1 heterocycles. The van der Waals surface area contributed by atoms with Gasteiger partial charge in [-0.1, -0.05) is 36.4 Å². The number of dihydropyridines is 1.